The highest BCUT2D eigenvalue weighted by molar-refractivity contribution is 6.31. The fourth-order valence-corrected chi connectivity index (χ4v) is 2.13. The molecule has 0 aromatic heterocycles. The Morgan fingerprint density at radius 2 is 2.06 bits per heavy atom. The smallest absolute Gasteiger partial charge is 0.141 e. The summed E-state index contributed by atoms with van der Waals surface area (Å²) in [6.07, 6.45) is 1.22. The topological polar surface area (TPSA) is 53.1 Å². The molecule has 3 nitrogen and oxygen atoms in total. The summed E-state index contributed by atoms with van der Waals surface area (Å²) in [5.74, 6) is -0.419. The summed E-state index contributed by atoms with van der Waals surface area (Å²) in [6, 6.07) is 6.79. The van der Waals surface area contributed by atoms with E-state index in [1.54, 1.807) is 12.1 Å². The van der Waals surface area contributed by atoms with Gasteiger partial charge in [0.1, 0.15) is 11.4 Å². The van der Waals surface area contributed by atoms with Crippen molar-refractivity contribution in [1.82, 2.24) is 0 Å². The van der Waals surface area contributed by atoms with E-state index in [0.29, 0.717) is 25.9 Å². The number of rotatable bonds is 1. The van der Waals surface area contributed by atoms with Crippen LogP contribution in [0.2, 0.25) is 5.02 Å². The molecule has 0 amide bonds. The summed E-state index contributed by atoms with van der Waals surface area (Å²) in [6.45, 7) is 1.37. The molecule has 1 aliphatic heterocycles. The first-order valence-electron chi connectivity index (χ1n) is 5.44. The second-order valence-electron chi connectivity index (χ2n) is 4.35. The molecule has 5 heteroatoms. The lowest BCUT2D eigenvalue weighted by Crippen LogP contribution is -2.49. The van der Waals surface area contributed by atoms with E-state index < -0.39 is 11.4 Å². The number of hydrogen-bond donors (Lipinski definition) is 1. The van der Waals surface area contributed by atoms with Gasteiger partial charge in [-0.25, -0.2) is 4.39 Å². The normalized spacial score (nSPS) is 18.8. The summed E-state index contributed by atoms with van der Waals surface area (Å²) in [5, 5.41) is 9.04. The minimum absolute atomic E-state index is 0.118. The van der Waals surface area contributed by atoms with Crippen LogP contribution in [0.15, 0.2) is 18.2 Å². The zero-order valence-corrected chi connectivity index (χ0v) is 10.0. The molecule has 0 saturated carbocycles. The molecule has 90 valence electrons. The zero-order valence-electron chi connectivity index (χ0n) is 9.29. The van der Waals surface area contributed by atoms with Gasteiger partial charge in [0.15, 0.2) is 0 Å². The van der Waals surface area contributed by atoms with Crippen LogP contribution >= 0.6 is 11.6 Å². The minimum atomic E-state index is -0.722. The Kier molecular flexibility index (Phi) is 3.23. The summed E-state index contributed by atoms with van der Waals surface area (Å²) in [7, 11) is 0. The van der Waals surface area contributed by atoms with Gasteiger partial charge in [0, 0.05) is 18.8 Å². The molecule has 0 radical (unpaired) electrons. The molecule has 1 saturated heterocycles. The van der Waals surface area contributed by atoms with Gasteiger partial charge < -0.3 is 10.6 Å². The van der Waals surface area contributed by atoms with Gasteiger partial charge in [-0.2, -0.15) is 5.26 Å². The fourth-order valence-electron chi connectivity index (χ4n) is 1.96. The summed E-state index contributed by atoms with van der Waals surface area (Å²) in [4.78, 5) is 2.06. The maximum Gasteiger partial charge on any atom is 0.141 e. The van der Waals surface area contributed by atoms with Crippen molar-refractivity contribution in [2.75, 3.05) is 18.0 Å². The molecule has 0 unspecified atom stereocenters. The lowest BCUT2D eigenvalue weighted by atomic mass is 9.90. The molecule has 0 aliphatic carbocycles. The third kappa shape index (κ3) is 2.51. The Balaban J connectivity index is 2.11. The van der Waals surface area contributed by atoms with Crippen molar-refractivity contribution in [1.29, 1.82) is 5.26 Å². The predicted octanol–water partition coefficient (Wildman–Crippen LogP) is 2.30. The lowest BCUT2D eigenvalue weighted by molar-refractivity contribution is 0.415. The van der Waals surface area contributed by atoms with Crippen molar-refractivity contribution in [3.8, 4) is 6.07 Å². The molecule has 1 aromatic rings. The first-order valence-corrected chi connectivity index (χ1v) is 5.82. The number of anilines is 1. The van der Waals surface area contributed by atoms with Gasteiger partial charge >= 0.3 is 0 Å². The maximum atomic E-state index is 13.0. The quantitative estimate of drug-likeness (QED) is 0.836. The van der Waals surface area contributed by atoms with E-state index >= 15 is 0 Å². The zero-order chi connectivity index (χ0) is 12.5. The van der Waals surface area contributed by atoms with E-state index in [1.165, 1.54) is 6.07 Å². The highest BCUT2D eigenvalue weighted by Crippen LogP contribution is 2.27. The third-order valence-electron chi connectivity index (χ3n) is 3.15. The molecular weight excluding hydrogens is 241 g/mol. The van der Waals surface area contributed by atoms with Gasteiger partial charge in [-0.3, -0.25) is 0 Å². The number of hydrogen-bond acceptors (Lipinski definition) is 3. The van der Waals surface area contributed by atoms with E-state index in [9.17, 15) is 4.39 Å². The molecule has 2 rings (SSSR count). The summed E-state index contributed by atoms with van der Waals surface area (Å²) in [5.41, 5.74) is 6.03. The molecule has 0 atom stereocenters. The number of piperidine rings is 1. The van der Waals surface area contributed by atoms with Gasteiger partial charge in [0.05, 0.1) is 11.1 Å². The number of nitrogens with two attached hydrogens (primary N) is 1. The van der Waals surface area contributed by atoms with Crippen LogP contribution in [0, 0.1) is 17.1 Å². The molecule has 1 aliphatic rings. The minimum Gasteiger partial charge on any atom is -0.371 e. The average Bonchev–Trinajstić information content (AvgIpc) is 2.34. The summed E-state index contributed by atoms with van der Waals surface area (Å²) >= 11 is 5.74. The van der Waals surface area contributed by atoms with Crippen molar-refractivity contribution in [2.24, 2.45) is 5.73 Å². The van der Waals surface area contributed by atoms with Gasteiger partial charge in [0.25, 0.3) is 0 Å². The standard InChI is InChI=1S/C12H13ClFN3/c13-10-7-9(1-2-11(10)14)17-5-3-12(16,8-15)4-6-17/h1-2,7H,3-6,16H2. The van der Waals surface area contributed by atoms with E-state index in [1.807, 2.05) is 0 Å². The second-order valence-corrected chi connectivity index (χ2v) is 4.76. The highest BCUT2D eigenvalue weighted by Gasteiger charge is 2.30. The highest BCUT2D eigenvalue weighted by atomic mass is 35.5. The predicted molar refractivity (Wildman–Crippen MR) is 65.4 cm³/mol. The van der Waals surface area contributed by atoms with Crippen molar-refractivity contribution < 1.29 is 4.39 Å². The Labute approximate surface area is 105 Å². The molecule has 1 heterocycles. The molecule has 1 aromatic carbocycles. The van der Waals surface area contributed by atoms with E-state index in [4.69, 9.17) is 22.6 Å². The van der Waals surface area contributed by atoms with Crippen LogP contribution in [-0.4, -0.2) is 18.6 Å². The Bertz CT molecular complexity index is 461. The van der Waals surface area contributed by atoms with E-state index in [2.05, 4.69) is 11.0 Å². The number of benzene rings is 1. The SMILES string of the molecule is N#CC1(N)CCN(c2ccc(F)c(Cl)c2)CC1. The fraction of sp³-hybridized carbons (Fsp3) is 0.417. The van der Waals surface area contributed by atoms with Crippen LogP contribution < -0.4 is 10.6 Å². The lowest BCUT2D eigenvalue weighted by Gasteiger charge is -2.36. The largest absolute Gasteiger partial charge is 0.371 e. The number of nitriles is 1. The molecule has 1 fully saturated rings. The van der Waals surface area contributed by atoms with E-state index in [-0.39, 0.29) is 5.02 Å². The third-order valence-corrected chi connectivity index (χ3v) is 3.44. The van der Waals surface area contributed by atoms with Crippen LogP contribution in [0.1, 0.15) is 12.8 Å². The monoisotopic (exact) mass is 253 g/mol. The van der Waals surface area contributed by atoms with Crippen LogP contribution in [0.5, 0.6) is 0 Å². The van der Waals surface area contributed by atoms with Gasteiger partial charge in [0.2, 0.25) is 0 Å². The molecule has 0 spiro atoms. The van der Waals surface area contributed by atoms with Gasteiger partial charge in [-0.15, -0.1) is 0 Å². The number of nitrogens with zero attached hydrogens (tertiary/aromatic N) is 2. The van der Waals surface area contributed by atoms with Crippen molar-refractivity contribution in [3.63, 3.8) is 0 Å². The average molecular weight is 254 g/mol. The molecule has 0 bridgehead atoms. The Morgan fingerprint density at radius 1 is 1.41 bits per heavy atom. The van der Waals surface area contributed by atoms with E-state index in [0.717, 1.165) is 5.69 Å². The van der Waals surface area contributed by atoms with Crippen LogP contribution in [0.4, 0.5) is 10.1 Å². The van der Waals surface area contributed by atoms with Gasteiger partial charge in [-0.1, -0.05) is 11.6 Å². The van der Waals surface area contributed by atoms with Crippen molar-refractivity contribution in [2.45, 2.75) is 18.4 Å². The number of halogens is 2. The van der Waals surface area contributed by atoms with Crippen LogP contribution in [-0.2, 0) is 0 Å². The second kappa shape index (κ2) is 4.52. The van der Waals surface area contributed by atoms with Crippen LogP contribution in [0.25, 0.3) is 0 Å². The molecule has 2 N–H and O–H groups in total. The molecule has 17 heavy (non-hydrogen) atoms. The Hall–Kier alpha value is -1.31. The van der Waals surface area contributed by atoms with Crippen molar-refractivity contribution in [3.05, 3.63) is 29.0 Å². The maximum absolute atomic E-state index is 13.0. The Morgan fingerprint density at radius 3 is 2.59 bits per heavy atom. The first kappa shape index (κ1) is 12.2. The molecular formula is C12H13ClFN3. The van der Waals surface area contributed by atoms with Gasteiger partial charge in [-0.05, 0) is 31.0 Å². The van der Waals surface area contributed by atoms with Crippen LogP contribution in [0.3, 0.4) is 0 Å². The first-order chi connectivity index (χ1) is 8.04. The summed E-state index contributed by atoms with van der Waals surface area (Å²) < 4.78 is 13.0. The van der Waals surface area contributed by atoms with Crippen molar-refractivity contribution >= 4 is 17.3 Å².